The SMILES string of the molecule is CC(c1ccccc1)c1ccc2c(c1)N=C1C(=CC=CC1C(C)c1ccccc1)S2. The third-order valence-corrected chi connectivity index (χ3v) is 7.37. The van der Waals surface area contributed by atoms with Crippen LogP contribution in [0, 0.1) is 5.92 Å². The molecular weight excluding hydrogens is 382 g/mol. The van der Waals surface area contributed by atoms with Gasteiger partial charge in [0.1, 0.15) is 0 Å². The van der Waals surface area contributed by atoms with Crippen LogP contribution in [0.5, 0.6) is 0 Å². The van der Waals surface area contributed by atoms with E-state index in [1.807, 2.05) is 11.8 Å². The molecule has 1 nitrogen and oxygen atoms in total. The molecule has 0 spiro atoms. The summed E-state index contributed by atoms with van der Waals surface area (Å²) in [6.45, 7) is 4.58. The topological polar surface area (TPSA) is 12.4 Å². The molecule has 148 valence electrons. The minimum atomic E-state index is 0.295. The highest BCUT2D eigenvalue weighted by molar-refractivity contribution is 8.04. The Morgan fingerprint density at radius 1 is 0.800 bits per heavy atom. The maximum absolute atomic E-state index is 5.21. The average molecular weight is 408 g/mol. The van der Waals surface area contributed by atoms with Crippen molar-refractivity contribution in [3.05, 3.63) is 119 Å². The number of hydrogen-bond donors (Lipinski definition) is 0. The van der Waals surface area contributed by atoms with Gasteiger partial charge < -0.3 is 0 Å². The van der Waals surface area contributed by atoms with Gasteiger partial charge in [-0.05, 0) is 40.8 Å². The maximum Gasteiger partial charge on any atom is 0.0776 e. The predicted octanol–water partition coefficient (Wildman–Crippen LogP) is 7.89. The van der Waals surface area contributed by atoms with Gasteiger partial charge in [0.05, 0.1) is 11.4 Å². The third-order valence-electron chi connectivity index (χ3n) is 6.24. The fourth-order valence-electron chi connectivity index (χ4n) is 4.35. The van der Waals surface area contributed by atoms with Gasteiger partial charge in [0, 0.05) is 21.6 Å². The Bertz CT molecular complexity index is 1140. The molecule has 3 aromatic carbocycles. The zero-order valence-corrected chi connectivity index (χ0v) is 18.1. The van der Waals surface area contributed by atoms with E-state index >= 15 is 0 Å². The third kappa shape index (κ3) is 3.57. The number of fused-ring (bicyclic) bond motifs is 2. The second-order valence-electron chi connectivity index (χ2n) is 8.10. The number of thioether (sulfide) groups is 1. The first kappa shape index (κ1) is 19.1. The van der Waals surface area contributed by atoms with E-state index in [1.165, 1.54) is 32.2 Å². The number of hydrogen-bond acceptors (Lipinski definition) is 2. The summed E-state index contributed by atoms with van der Waals surface area (Å²) >= 11 is 1.85. The first-order chi connectivity index (χ1) is 14.7. The molecule has 3 aromatic rings. The molecule has 0 N–H and O–H groups in total. The van der Waals surface area contributed by atoms with Crippen molar-refractivity contribution in [3.8, 4) is 0 Å². The van der Waals surface area contributed by atoms with Crippen LogP contribution in [0.1, 0.15) is 42.4 Å². The molecule has 0 fully saturated rings. The van der Waals surface area contributed by atoms with Gasteiger partial charge in [-0.2, -0.15) is 0 Å². The van der Waals surface area contributed by atoms with E-state index in [1.54, 1.807) is 0 Å². The summed E-state index contributed by atoms with van der Waals surface area (Å²) in [5.41, 5.74) is 6.32. The lowest BCUT2D eigenvalue weighted by molar-refractivity contribution is 0.677. The molecule has 5 rings (SSSR count). The highest BCUT2D eigenvalue weighted by Gasteiger charge is 2.30. The van der Waals surface area contributed by atoms with Crippen LogP contribution in [0.4, 0.5) is 5.69 Å². The van der Waals surface area contributed by atoms with Crippen molar-refractivity contribution in [1.82, 2.24) is 0 Å². The summed E-state index contributed by atoms with van der Waals surface area (Å²) < 4.78 is 0. The van der Waals surface area contributed by atoms with Crippen LogP contribution in [0.2, 0.25) is 0 Å². The number of nitrogens with zero attached hydrogens (tertiary/aromatic N) is 1. The van der Waals surface area contributed by atoms with E-state index in [2.05, 4.69) is 111 Å². The summed E-state index contributed by atoms with van der Waals surface area (Å²) in [5, 5.41) is 0. The van der Waals surface area contributed by atoms with Crippen molar-refractivity contribution in [1.29, 1.82) is 0 Å². The first-order valence-corrected chi connectivity index (χ1v) is 11.4. The summed E-state index contributed by atoms with van der Waals surface area (Å²) in [4.78, 5) is 7.73. The van der Waals surface area contributed by atoms with Crippen LogP contribution in [0.3, 0.4) is 0 Å². The Balaban J connectivity index is 1.51. The van der Waals surface area contributed by atoms with Crippen LogP contribution in [0.15, 0.2) is 112 Å². The van der Waals surface area contributed by atoms with Crippen molar-refractivity contribution in [2.75, 3.05) is 0 Å². The molecule has 3 unspecified atom stereocenters. The second-order valence-corrected chi connectivity index (χ2v) is 9.18. The average Bonchev–Trinajstić information content (AvgIpc) is 2.82. The maximum atomic E-state index is 5.21. The molecule has 0 radical (unpaired) electrons. The normalized spacial score (nSPS) is 19.2. The summed E-state index contributed by atoms with van der Waals surface area (Å²) in [6.07, 6.45) is 6.71. The van der Waals surface area contributed by atoms with Gasteiger partial charge in [0.25, 0.3) is 0 Å². The Hall–Kier alpha value is -2.84. The van der Waals surface area contributed by atoms with E-state index in [0.717, 1.165) is 5.69 Å². The molecule has 1 heterocycles. The standard InChI is InChI=1S/C28H25NS/c1-19(21-10-5-3-6-11-21)23-16-17-26-25(18-23)29-28-24(14-9-15-27(28)30-26)20(2)22-12-7-4-8-13-22/h3-20,24H,1-2H3. The lowest BCUT2D eigenvalue weighted by Crippen LogP contribution is -2.23. The monoisotopic (exact) mass is 407 g/mol. The smallest absolute Gasteiger partial charge is 0.0776 e. The number of aliphatic imine (C=N–C) groups is 1. The van der Waals surface area contributed by atoms with Crippen molar-refractivity contribution in [3.63, 3.8) is 0 Å². The van der Waals surface area contributed by atoms with Crippen molar-refractivity contribution >= 4 is 23.2 Å². The molecule has 3 atom stereocenters. The molecule has 1 aliphatic carbocycles. The molecule has 0 bridgehead atoms. The minimum absolute atomic E-state index is 0.295. The number of rotatable bonds is 4. The fraction of sp³-hybridized carbons (Fsp3) is 0.179. The van der Waals surface area contributed by atoms with Gasteiger partial charge in [0.2, 0.25) is 0 Å². The lowest BCUT2D eigenvalue weighted by Gasteiger charge is -2.30. The van der Waals surface area contributed by atoms with Gasteiger partial charge in [-0.3, -0.25) is 4.99 Å². The predicted molar refractivity (Wildman–Crippen MR) is 129 cm³/mol. The van der Waals surface area contributed by atoms with Gasteiger partial charge in [-0.15, -0.1) is 0 Å². The van der Waals surface area contributed by atoms with Crippen LogP contribution in [0.25, 0.3) is 0 Å². The number of benzene rings is 3. The largest absolute Gasteiger partial charge is 0.250 e. The van der Waals surface area contributed by atoms with Gasteiger partial charge in [-0.25, -0.2) is 0 Å². The highest BCUT2D eigenvalue weighted by Crippen LogP contribution is 2.46. The molecule has 0 aromatic heterocycles. The minimum Gasteiger partial charge on any atom is -0.250 e. The van der Waals surface area contributed by atoms with E-state index in [9.17, 15) is 0 Å². The van der Waals surface area contributed by atoms with Crippen molar-refractivity contribution in [2.24, 2.45) is 10.9 Å². The van der Waals surface area contributed by atoms with Gasteiger partial charge in [0.15, 0.2) is 0 Å². The Morgan fingerprint density at radius 3 is 2.23 bits per heavy atom. The second kappa shape index (κ2) is 8.12. The van der Waals surface area contributed by atoms with Crippen molar-refractivity contribution < 1.29 is 0 Å². The Labute approximate surface area is 183 Å². The molecule has 0 amide bonds. The highest BCUT2D eigenvalue weighted by atomic mass is 32.2. The van der Waals surface area contributed by atoms with E-state index in [4.69, 9.17) is 4.99 Å². The van der Waals surface area contributed by atoms with Crippen LogP contribution < -0.4 is 0 Å². The molecular formula is C28H25NS. The van der Waals surface area contributed by atoms with Gasteiger partial charge in [-0.1, -0.05) is 104 Å². The molecule has 1 aliphatic heterocycles. The van der Waals surface area contributed by atoms with Crippen molar-refractivity contribution in [2.45, 2.75) is 30.6 Å². The zero-order chi connectivity index (χ0) is 20.5. The van der Waals surface area contributed by atoms with E-state index in [0.29, 0.717) is 17.8 Å². The van der Waals surface area contributed by atoms with E-state index in [-0.39, 0.29) is 0 Å². The summed E-state index contributed by atoms with van der Waals surface area (Å²) in [6, 6.07) is 28.3. The zero-order valence-electron chi connectivity index (χ0n) is 17.3. The quantitative estimate of drug-likeness (QED) is 0.428. The molecule has 2 heteroatoms. The summed E-state index contributed by atoms with van der Waals surface area (Å²) in [5.74, 6) is 1.03. The Kier molecular flexibility index (Phi) is 5.18. The molecule has 30 heavy (non-hydrogen) atoms. The van der Waals surface area contributed by atoms with Crippen LogP contribution in [-0.2, 0) is 0 Å². The van der Waals surface area contributed by atoms with Crippen LogP contribution in [-0.4, -0.2) is 5.71 Å². The molecule has 0 saturated carbocycles. The molecule has 2 aliphatic rings. The lowest BCUT2D eigenvalue weighted by atomic mass is 9.82. The van der Waals surface area contributed by atoms with Crippen LogP contribution >= 0.6 is 11.8 Å². The first-order valence-electron chi connectivity index (χ1n) is 10.6. The summed E-state index contributed by atoms with van der Waals surface area (Å²) in [7, 11) is 0. The Morgan fingerprint density at radius 2 is 1.50 bits per heavy atom. The van der Waals surface area contributed by atoms with Gasteiger partial charge >= 0.3 is 0 Å². The van der Waals surface area contributed by atoms with E-state index < -0.39 is 0 Å². The molecule has 0 saturated heterocycles. The fourth-order valence-corrected chi connectivity index (χ4v) is 5.36. The number of allylic oxidation sites excluding steroid dienone is 4.